The number of benzene rings is 2. The molecule has 1 N–H and O–H groups in total. The molecule has 27 heavy (non-hydrogen) atoms. The summed E-state index contributed by atoms with van der Waals surface area (Å²) in [6.45, 7) is 1.42. The molecule has 2 amide bonds. The van der Waals surface area contributed by atoms with Crippen molar-refractivity contribution in [3.8, 4) is 0 Å². The van der Waals surface area contributed by atoms with Crippen molar-refractivity contribution in [3.05, 3.63) is 64.8 Å². The number of H-pyrrole nitrogens is 1. The summed E-state index contributed by atoms with van der Waals surface area (Å²) in [5.41, 5.74) is 4.14. The number of halogens is 1. The molecule has 5 nitrogen and oxygen atoms in total. The van der Waals surface area contributed by atoms with Gasteiger partial charge in [0.2, 0.25) is 5.91 Å². The van der Waals surface area contributed by atoms with Crippen molar-refractivity contribution < 1.29 is 9.59 Å². The Labute approximate surface area is 161 Å². The highest BCUT2D eigenvalue weighted by Gasteiger charge is 2.43. The van der Waals surface area contributed by atoms with E-state index in [1.807, 2.05) is 12.1 Å². The van der Waals surface area contributed by atoms with Crippen LogP contribution in [0.25, 0.3) is 10.9 Å². The topological polar surface area (TPSA) is 56.4 Å². The summed E-state index contributed by atoms with van der Waals surface area (Å²) in [5, 5.41) is 1.76. The second-order valence-corrected chi connectivity index (χ2v) is 7.55. The maximum absolute atomic E-state index is 13.0. The van der Waals surface area contributed by atoms with Gasteiger partial charge >= 0.3 is 0 Å². The molecule has 2 aliphatic heterocycles. The number of hydrogen-bond acceptors (Lipinski definition) is 3. The molecule has 5 rings (SSSR count). The van der Waals surface area contributed by atoms with Gasteiger partial charge in [0.1, 0.15) is 0 Å². The van der Waals surface area contributed by atoms with Crippen molar-refractivity contribution in [1.29, 1.82) is 0 Å². The van der Waals surface area contributed by atoms with E-state index in [-0.39, 0.29) is 18.2 Å². The van der Waals surface area contributed by atoms with Crippen LogP contribution in [0.3, 0.4) is 0 Å². The van der Waals surface area contributed by atoms with Gasteiger partial charge in [-0.15, -0.1) is 0 Å². The fraction of sp³-hybridized carbons (Fsp3) is 0.238. The van der Waals surface area contributed by atoms with Crippen molar-refractivity contribution in [2.75, 3.05) is 11.4 Å². The van der Waals surface area contributed by atoms with Gasteiger partial charge < -0.3 is 4.98 Å². The number of aromatic nitrogens is 1. The number of carbonyl (C=O) groups is 2. The zero-order valence-electron chi connectivity index (χ0n) is 14.6. The lowest BCUT2D eigenvalue weighted by Gasteiger charge is -2.30. The van der Waals surface area contributed by atoms with Crippen LogP contribution in [0.4, 0.5) is 5.69 Å². The second-order valence-electron chi connectivity index (χ2n) is 7.12. The number of nitrogens with one attached hydrogen (secondary N) is 1. The van der Waals surface area contributed by atoms with E-state index in [0.29, 0.717) is 17.3 Å². The largest absolute Gasteiger partial charge is 0.357 e. The third-order valence-electron chi connectivity index (χ3n) is 5.54. The number of rotatable bonds is 2. The van der Waals surface area contributed by atoms with Gasteiger partial charge in [0, 0.05) is 34.7 Å². The Hall–Kier alpha value is -2.63. The van der Waals surface area contributed by atoms with E-state index in [0.717, 1.165) is 24.2 Å². The molecular formula is C21H18ClN3O2. The highest BCUT2D eigenvalue weighted by atomic mass is 35.5. The van der Waals surface area contributed by atoms with Crippen LogP contribution < -0.4 is 4.90 Å². The van der Waals surface area contributed by atoms with Crippen LogP contribution in [0.5, 0.6) is 0 Å². The molecule has 3 heterocycles. The normalized spacial score (nSPS) is 20.5. The molecule has 2 aliphatic rings. The predicted octanol–water partition coefficient (Wildman–Crippen LogP) is 3.51. The first-order valence-electron chi connectivity index (χ1n) is 9.07. The van der Waals surface area contributed by atoms with Crippen LogP contribution in [0, 0.1) is 0 Å². The van der Waals surface area contributed by atoms with E-state index in [1.54, 1.807) is 24.3 Å². The first kappa shape index (κ1) is 16.5. The molecule has 0 unspecified atom stereocenters. The predicted molar refractivity (Wildman–Crippen MR) is 105 cm³/mol. The molecule has 0 aliphatic carbocycles. The Morgan fingerprint density at radius 3 is 2.78 bits per heavy atom. The summed E-state index contributed by atoms with van der Waals surface area (Å²) >= 11 is 6.03. The Morgan fingerprint density at radius 2 is 1.93 bits per heavy atom. The lowest BCUT2D eigenvalue weighted by molar-refractivity contribution is -0.123. The first-order chi connectivity index (χ1) is 13.1. The number of carbonyl (C=O) groups excluding carboxylic acids is 2. The number of anilines is 1. The number of imide groups is 1. The molecule has 0 radical (unpaired) electrons. The summed E-state index contributed by atoms with van der Waals surface area (Å²) < 4.78 is 0. The summed E-state index contributed by atoms with van der Waals surface area (Å²) in [6.07, 6.45) is 1.08. The van der Waals surface area contributed by atoms with Gasteiger partial charge in [0.15, 0.2) is 0 Å². The highest BCUT2D eigenvalue weighted by molar-refractivity contribution is 6.31. The van der Waals surface area contributed by atoms with Crippen molar-refractivity contribution in [1.82, 2.24) is 9.88 Å². The van der Waals surface area contributed by atoms with Gasteiger partial charge in [-0.05, 0) is 36.2 Å². The number of aromatic amines is 1. The first-order valence-corrected chi connectivity index (χ1v) is 9.44. The molecule has 2 aromatic carbocycles. The van der Waals surface area contributed by atoms with Crippen molar-refractivity contribution in [2.45, 2.75) is 25.4 Å². The number of amides is 2. The Morgan fingerprint density at radius 1 is 1.07 bits per heavy atom. The molecule has 1 saturated heterocycles. The van der Waals surface area contributed by atoms with Crippen molar-refractivity contribution >= 4 is 40.0 Å². The van der Waals surface area contributed by atoms with E-state index in [9.17, 15) is 9.59 Å². The number of hydrogen-bond donors (Lipinski definition) is 1. The van der Waals surface area contributed by atoms with E-state index in [1.165, 1.54) is 15.8 Å². The van der Waals surface area contributed by atoms with E-state index in [2.05, 4.69) is 22.0 Å². The summed E-state index contributed by atoms with van der Waals surface area (Å²) in [4.78, 5) is 32.5. The van der Waals surface area contributed by atoms with Crippen LogP contribution >= 0.6 is 11.6 Å². The maximum Gasteiger partial charge on any atom is 0.251 e. The van der Waals surface area contributed by atoms with Gasteiger partial charge in [-0.1, -0.05) is 35.9 Å². The second kappa shape index (κ2) is 6.22. The monoisotopic (exact) mass is 379 g/mol. The van der Waals surface area contributed by atoms with Crippen molar-refractivity contribution in [3.63, 3.8) is 0 Å². The molecule has 1 atom stereocenters. The van der Waals surface area contributed by atoms with Crippen LogP contribution in [-0.2, 0) is 22.6 Å². The molecule has 136 valence electrons. The van der Waals surface area contributed by atoms with Gasteiger partial charge in [-0.3, -0.25) is 14.5 Å². The summed E-state index contributed by atoms with van der Waals surface area (Å²) in [5.74, 6) is -0.337. The minimum Gasteiger partial charge on any atom is -0.357 e. The molecule has 1 aromatic heterocycles. The quantitative estimate of drug-likeness (QED) is 0.693. The fourth-order valence-electron chi connectivity index (χ4n) is 4.27. The van der Waals surface area contributed by atoms with E-state index in [4.69, 9.17) is 11.6 Å². The number of fused-ring (bicyclic) bond motifs is 3. The highest BCUT2D eigenvalue weighted by Crippen LogP contribution is 2.32. The van der Waals surface area contributed by atoms with Crippen LogP contribution in [0.15, 0.2) is 48.5 Å². The summed E-state index contributed by atoms with van der Waals surface area (Å²) in [7, 11) is 0. The number of para-hydroxylation sites is 1. The van der Waals surface area contributed by atoms with Crippen molar-refractivity contribution in [2.24, 2.45) is 0 Å². The average molecular weight is 380 g/mol. The molecule has 1 fully saturated rings. The fourth-order valence-corrected chi connectivity index (χ4v) is 4.45. The van der Waals surface area contributed by atoms with Gasteiger partial charge in [0.05, 0.1) is 18.2 Å². The zero-order valence-corrected chi connectivity index (χ0v) is 15.4. The van der Waals surface area contributed by atoms with Gasteiger partial charge in [-0.2, -0.15) is 0 Å². The number of nitrogens with zero attached hydrogens (tertiary/aromatic N) is 2. The zero-order chi connectivity index (χ0) is 18.5. The third-order valence-corrected chi connectivity index (χ3v) is 5.78. The van der Waals surface area contributed by atoms with Crippen LogP contribution in [0.2, 0.25) is 5.02 Å². The summed E-state index contributed by atoms with van der Waals surface area (Å²) in [6, 6.07) is 14.7. The Kier molecular flexibility index (Phi) is 3.81. The maximum atomic E-state index is 13.0. The molecule has 0 saturated carbocycles. The Balaban J connectivity index is 1.43. The lowest BCUT2D eigenvalue weighted by atomic mass is 10.0. The van der Waals surface area contributed by atoms with Gasteiger partial charge in [0.25, 0.3) is 5.91 Å². The average Bonchev–Trinajstić information content (AvgIpc) is 3.18. The molecular weight excluding hydrogens is 362 g/mol. The molecule has 0 bridgehead atoms. The van der Waals surface area contributed by atoms with Crippen LogP contribution in [-0.4, -0.2) is 34.3 Å². The van der Waals surface area contributed by atoms with E-state index >= 15 is 0 Å². The lowest BCUT2D eigenvalue weighted by Crippen LogP contribution is -2.44. The molecule has 3 aromatic rings. The van der Waals surface area contributed by atoms with E-state index < -0.39 is 6.04 Å². The molecule has 0 spiro atoms. The molecule has 6 heteroatoms. The van der Waals surface area contributed by atoms with Gasteiger partial charge in [-0.25, -0.2) is 4.90 Å². The standard InChI is InChI=1S/C21H18ClN3O2/c22-13-4-3-5-14(10-13)25-20(26)11-19(21(25)27)24-9-8-16-15-6-1-2-7-17(15)23-18(16)12-24/h1-7,10,19,23H,8-9,11-12H2/t19-/m0/s1. The minimum atomic E-state index is -0.420. The SMILES string of the molecule is O=C1C[C@H](N2CCc3c([nH]c4ccccc34)C2)C(=O)N1c1cccc(Cl)c1. The third kappa shape index (κ3) is 2.66. The smallest absolute Gasteiger partial charge is 0.251 e. The minimum absolute atomic E-state index is 0.165. The van der Waals surface area contributed by atoms with Crippen LogP contribution in [0.1, 0.15) is 17.7 Å². The Bertz CT molecular complexity index is 1070.